The Hall–Kier alpha value is -1.09. The van der Waals surface area contributed by atoms with Gasteiger partial charge in [0.1, 0.15) is 17.5 Å². The van der Waals surface area contributed by atoms with Crippen LogP contribution in [0.4, 0.5) is 0 Å². The first-order valence-corrected chi connectivity index (χ1v) is 6.41. The van der Waals surface area contributed by atoms with Crippen molar-refractivity contribution in [2.75, 3.05) is 7.11 Å². The third kappa shape index (κ3) is 3.70. The molecule has 17 heavy (non-hydrogen) atoms. The van der Waals surface area contributed by atoms with Crippen LogP contribution in [0.25, 0.3) is 0 Å². The molecule has 1 aromatic rings. The maximum atomic E-state index is 10.4. The molecular formula is C14H23NO2. The minimum atomic E-state index is -0.522. The summed E-state index contributed by atoms with van der Waals surface area (Å²) in [6.07, 6.45) is 5.39. The molecule has 0 aliphatic carbocycles. The zero-order valence-corrected chi connectivity index (χ0v) is 11.0. The Balaban J connectivity index is 2.87. The molecule has 0 aliphatic heterocycles. The van der Waals surface area contributed by atoms with Gasteiger partial charge >= 0.3 is 0 Å². The topological polar surface area (TPSA) is 42.4 Å². The first-order valence-electron chi connectivity index (χ1n) is 6.41. The number of ether oxygens (including phenoxy) is 1. The molecule has 1 rings (SSSR count). The van der Waals surface area contributed by atoms with E-state index in [1.165, 1.54) is 0 Å². The van der Waals surface area contributed by atoms with Crippen molar-refractivity contribution in [2.24, 2.45) is 5.92 Å². The van der Waals surface area contributed by atoms with E-state index in [-0.39, 0.29) is 5.92 Å². The number of rotatable bonds is 7. The van der Waals surface area contributed by atoms with E-state index in [1.807, 2.05) is 12.1 Å². The fourth-order valence-electron chi connectivity index (χ4n) is 2.22. The van der Waals surface area contributed by atoms with Gasteiger partial charge in [-0.05, 0) is 30.9 Å². The Morgan fingerprint density at radius 1 is 1.29 bits per heavy atom. The van der Waals surface area contributed by atoms with Crippen molar-refractivity contribution >= 4 is 0 Å². The van der Waals surface area contributed by atoms with Gasteiger partial charge in [0.05, 0.1) is 7.11 Å². The van der Waals surface area contributed by atoms with E-state index in [0.717, 1.165) is 25.7 Å². The first-order chi connectivity index (χ1) is 8.24. The zero-order valence-electron chi connectivity index (χ0n) is 11.0. The largest absolute Gasteiger partial charge is 0.495 e. The Morgan fingerprint density at radius 2 is 1.94 bits per heavy atom. The third-order valence-electron chi connectivity index (χ3n) is 3.07. The van der Waals surface area contributed by atoms with Crippen molar-refractivity contribution in [2.45, 2.75) is 45.6 Å². The highest BCUT2D eigenvalue weighted by Gasteiger charge is 2.23. The van der Waals surface area contributed by atoms with Gasteiger partial charge in [0.15, 0.2) is 0 Å². The number of pyridine rings is 1. The van der Waals surface area contributed by atoms with Crippen molar-refractivity contribution < 1.29 is 9.84 Å². The molecule has 1 atom stereocenters. The first kappa shape index (κ1) is 14.0. The van der Waals surface area contributed by atoms with Crippen LogP contribution in [0.3, 0.4) is 0 Å². The predicted molar refractivity (Wildman–Crippen MR) is 69.1 cm³/mol. The van der Waals surface area contributed by atoms with Crippen molar-refractivity contribution in [1.82, 2.24) is 4.98 Å². The molecule has 0 radical (unpaired) electrons. The van der Waals surface area contributed by atoms with Crippen LogP contribution < -0.4 is 4.74 Å². The van der Waals surface area contributed by atoms with Gasteiger partial charge in [0.2, 0.25) is 0 Å². The van der Waals surface area contributed by atoms with Gasteiger partial charge < -0.3 is 9.84 Å². The lowest BCUT2D eigenvalue weighted by Crippen LogP contribution is -2.15. The van der Waals surface area contributed by atoms with E-state index in [1.54, 1.807) is 13.3 Å². The molecule has 1 N–H and O–H groups in total. The van der Waals surface area contributed by atoms with E-state index in [2.05, 4.69) is 18.8 Å². The smallest absolute Gasteiger partial charge is 0.143 e. The summed E-state index contributed by atoms with van der Waals surface area (Å²) >= 11 is 0. The fourth-order valence-corrected chi connectivity index (χ4v) is 2.22. The molecule has 3 heteroatoms. The fraction of sp³-hybridized carbons (Fsp3) is 0.643. The van der Waals surface area contributed by atoms with Gasteiger partial charge in [-0.2, -0.15) is 0 Å². The van der Waals surface area contributed by atoms with Crippen LogP contribution in [0.2, 0.25) is 0 Å². The molecule has 0 fully saturated rings. The second kappa shape index (κ2) is 7.28. The number of nitrogens with zero attached hydrogens (tertiary/aromatic N) is 1. The quantitative estimate of drug-likeness (QED) is 0.791. The van der Waals surface area contributed by atoms with Crippen molar-refractivity contribution in [3.8, 4) is 5.75 Å². The molecule has 0 saturated heterocycles. The van der Waals surface area contributed by atoms with E-state index < -0.39 is 6.10 Å². The van der Waals surface area contributed by atoms with Gasteiger partial charge in [-0.3, -0.25) is 4.98 Å². The number of aliphatic hydroxyl groups excluding tert-OH is 1. The Labute approximate surface area is 104 Å². The van der Waals surface area contributed by atoms with Crippen molar-refractivity contribution in [1.29, 1.82) is 0 Å². The van der Waals surface area contributed by atoms with Crippen LogP contribution in [0.1, 0.15) is 51.3 Å². The Morgan fingerprint density at radius 3 is 2.47 bits per heavy atom. The summed E-state index contributed by atoms with van der Waals surface area (Å²) in [7, 11) is 1.61. The number of hydrogen-bond donors (Lipinski definition) is 1. The molecule has 1 heterocycles. The van der Waals surface area contributed by atoms with E-state index in [9.17, 15) is 5.11 Å². The van der Waals surface area contributed by atoms with Crippen LogP contribution >= 0.6 is 0 Å². The highest BCUT2D eigenvalue weighted by Crippen LogP contribution is 2.32. The van der Waals surface area contributed by atoms with E-state index >= 15 is 0 Å². The second-order valence-corrected chi connectivity index (χ2v) is 4.37. The van der Waals surface area contributed by atoms with E-state index in [4.69, 9.17) is 4.74 Å². The lowest BCUT2D eigenvalue weighted by Gasteiger charge is -2.22. The molecule has 0 amide bonds. The molecule has 1 unspecified atom stereocenters. The summed E-state index contributed by atoms with van der Waals surface area (Å²) < 4.78 is 5.25. The summed E-state index contributed by atoms with van der Waals surface area (Å²) in [5, 5.41) is 10.4. The summed E-state index contributed by atoms with van der Waals surface area (Å²) in [5.74, 6) is 0.950. The maximum Gasteiger partial charge on any atom is 0.143 e. The van der Waals surface area contributed by atoms with Crippen molar-refractivity contribution in [3.05, 3.63) is 24.0 Å². The molecule has 0 aromatic carbocycles. The molecule has 3 nitrogen and oxygen atoms in total. The normalized spacial score (nSPS) is 12.8. The number of methoxy groups -OCH3 is 1. The average Bonchev–Trinajstić information content (AvgIpc) is 2.37. The van der Waals surface area contributed by atoms with Crippen LogP contribution in [-0.2, 0) is 0 Å². The lowest BCUT2D eigenvalue weighted by molar-refractivity contribution is 0.0896. The molecule has 0 aliphatic rings. The minimum Gasteiger partial charge on any atom is -0.495 e. The van der Waals surface area contributed by atoms with Crippen LogP contribution in [0.5, 0.6) is 5.75 Å². The lowest BCUT2D eigenvalue weighted by atomic mass is 9.90. The zero-order chi connectivity index (χ0) is 12.7. The third-order valence-corrected chi connectivity index (χ3v) is 3.07. The summed E-state index contributed by atoms with van der Waals surface area (Å²) in [6, 6.07) is 3.67. The summed E-state index contributed by atoms with van der Waals surface area (Å²) in [5.41, 5.74) is 0.668. The SMILES string of the molecule is CCCC(CCC)C(O)c1ncccc1OC. The standard InChI is InChI=1S/C14H23NO2/c1-4-7-11(8-5-2)14(16)13-12(17-3)9-6-10-15-13/h6,9-11,14,16H,4-5,7-8H2,1-3H3. The summed E-state index contributed by atoms with van der Waals surface area (Å²) in [6.45, 7) is 4.29. The second-order valence-electron chi connectivity index (χ2n) is 4.37. The van der Waals surface area contributed by atoms with E-state index in [0.29, 0.717) is 11.4 Å². The number of aromatic nitrogens is 1. The van der Waals surface area contributed by atoms with Crippen LogP contribution in [0, 0.1) is 5.92 Å². The molecule has 1 aromatic heterocycles. The molecule has 0 saturated carbocycles. The van der Waals surface area contributed by atoms with Gasteiger partial charge in [0, 0.05) is 6.20 Å². The van der Waals surface area contributed by atoms with Crippen molar-refractivity contribution in [3.63, 3.8) is 0 Å². The molecule has 0 bridgehead atoms. The Kier molecular flexibility index (Phi) is 5.98. The number of aliphatic hydroxyl groups is 1. The predicted octanol–water partition coefficient (Wildman–Crippen LogP) is 3.34. The Bertz CT molecular complexity index is 322. The van der Waals surface area contributed by atoms with Gasteiger partial charge in [-0.1, -0.05) is 26.7 Å². The highest BCUT2D eigenvalue weighted by atomic mass is 16.5. The molecule has 96 valence electrons. The van der Waals surface area contributed by atoms with Gasteiger partial charge in [-0.25, -0.2) is 0 Å². The number of hydrogen-bond acceptors (Lipinski definition) is 3. The maximum absolute atomic E-state index is 10.4. The van der Waals surface area contributed by atoms with Crippen LogP contribution in [-0.4, -0.2) is 17.2 Å². The monoisotopic (exact) mass is 237 g/mol. The molecular weight excluding hydrogens is 214 g/mol. The summed E-state index contributed by atoms with van der Waals surface area (Å²) in [4.78, 5) is 4.26. The minimum absolute atomic E-state index is 0.272. The van der Waals surface area contributed by atoms with Gasteiger partial charge in [-0.15, -0.1) is 0 Å². The van der Waals surface area contributed by atoms with Crippen LogP contribution in [0.15, 0.2) is 18.3 Å². The highest BCUT2D eigenvalue weighted by molar-refractivity contribution is 5.28. The molecule has 0 spiro atoms. The average molecular weight is 237 g/mol. The van der Waals surface area contributed by atoms with Gasteiger partial charge in [0.25, 0.3) is 0 Å².